The molecule has 6 heteroatoms. The first-order chi connectivity index (χ1) is 12.7. The van der Waals surface area contributed by atoms with Crippen molar-refractivity contribution in [1.82, 2.24) is 4.90 Å². The van der Waals surface area contributed by atoms with Crippen LogP contribution in [0.25, 0.3) is 0 Å². The SMILES string of the molecule is COc1ccccc1NC(=O)CCN1CCN(c2ccccc2F)CC1. The first-order valence-corrected chi connectivity index (χ1v) is 8.82. The Morgan fingerprint density at radius 3 is 2.50 bits per heavy atom. The van der Waals surface area contributed by atoms with Crippen molar-refractivity contribution in [3.63, 3.8) is 0 Å². The zero-order valence-corrected chi connectivity index (χ0v) is 15.0. The molecular weight excluding hydrogens is 333 g/mol. The first kappa shape index (κ1) is 18.2. The summed E-state index contributed by atoms with van der Waals surface area (Å²) in [6.07, 6.45) is 0.414. The number of carbonyl (C=O) groups is 1. The summed E-state index contributed by atoms with van der Waals surface area (Å²) >= 11 is 0. The fourth-order valence-corrected chi connectivity index (χ4v) is 3.14. The van der Waals surface area contributed by atoms with E-state index in [0.717, 1.165) is 26.2 Å². The number of ether oxygens (including phenoxy) is 1. The van der Waals surface area contributed by atoms with Crippen LogP contribution in [0.4, 0.5) is 15.8 Å². The van der Waals surface area contributed by atoms with E-state index in [1.54, 1.807) is 13.2 Å². The van der Waals surface area contributed by atoms with Gasteiger partial charge in [-0.15, -0.1) is 0 Å². The molecule has 138 valence electrons. The normalized spacial score (nSPS) is 14.9. The second-order valence-electron chi connectivity index (χ2n) is 6.28. The number of methoxy groups -OCH3 is 1. The number of halogens is 1. The third-order valence-corrected chi connectivity index (χ3v) is 4.60. The van der Waals surface area contributed by atoms with Gasteiger partial charge in [-0.05, 0) is 24.3 Å². The number of para-hydroxylation sites is 3. The Balaban J connectivity index is 1.45. The van der Waals surface area contributed by atoms with E-state index in [4.69, 9.17) is 4.74 Å². The van der Waals surface area contributed by atoms with Crippen LogP contribution in [0, 0.1) is 5.82 Å². The van der Waals surface area contributed by atoms with Crippen LogP contribution in [-0.4, -0.2) is 50.6 Å². The Labute approximate surface area is 153 Å². The lowest BCUT2D eigenvalue weighted by atomic mass is 10.2. The smallest absolute Gasteiger partial charge is 0.225 e. The van der Waals surface area contributed by atoms with Crippen molar-refractivity contribution in [3.05, 3.63) is 54.3 Å². The fraction of sp³-hybridized carbons (Fsp3) is 0.350. The van der Waals surface area contributed by atoms with Crippen molar-refractivity contribution in [2.75, 3.05) is 50.1 Å². The molecule has 0 saturated carbocycles. The number of piperazine rings is 1. The van der Waals surface area contributed by atoms with Crippen LogP contribution in [0.3, 0.4) is 0 Å². The zero-order chi connectivity index (χ0) is 18.4. The van der Waals surface area contributed by atoms with Crippen LogP contribution < -0.4 is 15.0 Å². The highest BCUT2D eigenvalue weighted by Crippen LogP contribution is 2.23. The molecule has 0 aliphatic carbocycles. The van der Waals surface area contributed by atoms with Crippen LogP contribution >= 0.6 is 0 Å². The Morgan fingerprint density at radius 1 is 1.08 bits per heavy atom. The van der Waals surface area contributed by atoms with Gasteiger partial charge < -0.3 is 15.0 Å². The van der Waals surface area contributed by atoms with Crippen molar-refractivity contribution in [1.29, 1.82) is 0 Å². The Hall–Kier alpha value is -2.60. The molecule has 1 fully saturated rings. The monoisotopic (exact) mass is 357 g/mol. The van der Waals surface area contributed by atoms with Gasteiger partial charge in [0.2, 0.25) is 5.91 Å². The number of rotatable bonds is 6. The highest BCUT2D eigenvalue weighted by molar-refractivity contribution is 5.92. The van der Waals surface area contributed by atoms with Gasteiger partial charge in [-0.1, -0.05) is 24.3 Å². The van der Waals surface area contributed by atoms with Crippen molar-refractivity contribution >= 4 is 17.3 Å². The van der Waals surface area contributed by atoms with E-state index in [2.05, 4.69) is 15.1 Å². The minimum Gasteiger partial charge on any atom is -0.495 e. The lowest BCUT2D eigenvalue weighted by Crippen LogP contribution is -2.47. The predicted molar refractivity (Wildman–Crippen MR) is 101 cm³/mol. The Bertz CT molecular complexity index is 745. The number of nitrogens with one attached hydrogen (secondary N) is 1. The van der Waals surface area contributed by atoms with E-state index >= 15 is 0 Å². The summed E-state index contributed by atoms with van der Waals surface area (Å²) in [5.74, 6) is 0.433. The molecular formula is C20H24FN3O2. The molecule has 26 heavy (non-hydrogen) atoms. The number of carbonyl (C=O) groups excluding carboxylic acids is 1. The lowest BCUT2D eigenvalue weighted by Gasteiger charge is -2.36. The van der Waals surface area contributed by atoms with Crippen molar-refractivity contribution in [2.45, 2.75) is 6.42 Å². The molecule has 0 unspecified atom stereocenters. The van der Waals surface area contributed by atoms with Crippen molar-refractivity contribution in [3.8, 4) is 5.75 Å². The average Bonchev–Trinajstić information content (AvgIpc) is 2.68. The molecule has 1 heterocycles. The molecule has 1 saturated heterocycles. The largest absolute Gasteiger partial charge is 0.495 e. The third kappa shape index (κ3) is 4.52. The summed E-state index contributed by atoms with van der Waals surface area (Å²) < 4.78 is 19.1. The van der Waals surface area contributed by atoms with Crippen LogP contribution in [0.15, 0.2) is 48.5 Å². The quantitative estimate of drug-likeness (QED) is 0.863. The Kier molecular flexibility index (Phi) is 6.07. The maximum Gasteiger partial charge on any atom is 0.225 e. The van der Waals surface area contributed by atoms with Gasteiger partial charge in [-0.25, -0.2) is 4.39 Å². The molecule has 0 radical (unpaired) electrons. The summed E-state index contributed by atoms with van der Waals surface area (Å²) in [6.45, 7) is 3.84. The maximum atomic E-state index is 13.9. The topological polar surface area (TPSA) is 44.8 Å². The highest BCUT2D eigenvalue weighted by atomic mass is 19.1. The minimum absolute atomic E-state index is 0.0361. The molecule has 1 N–H and O–H groups in total. The number of amides is 1. The van der Waals surface area contributed by atoms with Gasteiger partial charge in [-0.3, -0.25) is 9.69 Å². The number of hydrogen-bond acceptors (Lipinski definition) is 4. The summed E-state index contributed by atoms with van der Waals surface area (Å²) in [5, 5.41) is 2.89. The molecule has 1 aliphatic heterocycles. The van der Waals surface area contributed by atoms with Gasteiger partial charge in [0.15, 0.2) is 0 Å². The first-order valence-electron chi connectivity index (χ1n) is 8.82. The van der Waals surface area contributed by atoms with E-state index < -0.39 is 0 Å². The second kappa shape index (κ2) is 8.67. The van der Waals surface area contributed by atoms with E-state index in [1.807, 2.05) is 36.4 Å². The molecule has 3 rings (SSSR count). The number of anilines is 2. The van der Waals surface area contributed by atoms with Gasteiger partial charge in [0.1, 0.15) is 11.6 Å². The molecule has 2 aromatic carbocycles. The van der Waals surface area contributed by atoms with Crippen LogP contribution in [0.5, 0.6) is 5.75 Å². The molecule has 0 spiro atoms. The molecule has 0 bridgehead atoms. The van der Waals surface area contributed by atoms with Crippen molar-refractivity contribution in [2.24, 2.45) is 0 Å². The summed E-state index contributed by atoms with van der Waals surface area (Å²) in [5.41, 5.74) is 1.34. The summed E-state index contributed by atoms with van der Waals surface area (Å²) in [4.78, 5) is 16.5. The third-order valence-electron chi connectivity index (χ3n) is 4.60. The molecule has 1 aliphatic rings. The molecule has 5 nitrogen and oxygen atoms in total. The molecule has 1 amide bonds. The van der Waals surface area contributed by atoms with Crippen LogP contribution in [-0.2, 0) is 4.79 Å². The standard InChI is InChI=1S/C20H24FN3O2/c1-26-19-9-5-3-7-17(19)22-20(25)10-11-23-12-14-24(15-13-23)18-8-4-2-6-16(18)21/h2-9H,10-15H2,1H3,(H,22,25). The zero-order valence-electron chi connectivity index (χ0n) is 15.0. The Morgan fingerprint density at radius 2 is 1.77 bits per heavy atom. The average molecular weight is 357 g/mol. The van der Waals surface area contributed by atoms with Gasteiger partial charge in [0.05, 0.1) is 18.5 Å². The number of hydrogen-bond donors (Lipinski definition) is 1. The van der Waals surface area contributed by atoms with Gasteiger partial charge in [-0.2, -0.15) is 0 Å². The molecule has 0 aromatic heterocycles. The summed E-state index contributed by atoms with van der Waals surface area (Å²) in [7, 11) is 1.58. The van der Waals surface area contributed by atoms with Crippen LogP contribution in [0.1, 0.15) is 6.42 Å². The predicted octanol–water partition coefficient (Wildman–Crippen LogP) is 2.99. The maximum absolute atomic E-state index is 13.9. The van der Waals surface area contributed by atoms with E-state index in [0.29, 0.717) is 30.1 Å². The summed E-state index contributed by atoms with van der Waals surface area (Å²) in [6, 6.07) is 14.2. The van der Waals surface area contributed by atoms with Crippen LogP contribution in [0.2, 0.25) is 0 Å². The second-order valence-corrected chi connectivity index (χ2v) is 6.28. The number of nitrogens with zero attached hydrogens (tertiary/aromatic N) is 2. The van der Waals surface area contributed by atoms with Gasteiger partial charge in [0, 0.05) is 39.1 Å². The lowest BCUT2D eigenvalue weighted by molar-refractivity contribution is -0.116. The van der Waals surface area contributed by atoms with E-state index in [1.165, 1.54) is 6.07 Å². The molecule has 0 atom stereocenters. The van der Waals surface area contributed by atoms with E-state index in [-0.39, 0.29) is 11.7 Å². The van der Waals surface area contributed by atoms with Gasteiger partial charge in [0.25, 0.3) is 0 Å². The minimum atomic E-state index is -0.183. The van der Waals surface area contributed by atoms with Gasteiger partial charge >= 0.3 is 0 Å². The number of benzene rings is 2. The molecule has 2 aromatic rings. The fourth-order valence-electron chi connectivity index (χ4n) is 3.14. The highest BCUT2D eigenvalue weighted by Gasteiger charge is 2.19. The van der Waals surface area contributed by atoms with E-state index in [9.17, 15) is 9.18 Å². The van der Waals surface area contributed by atoms with Crippen molar-refractivity contribution < 1.29 is 13.9 Å².